The minimum absolute atomic E-state index is 0.167. The second kappa shape index (κ2) is 7.15. The average Bonchev–Trinajstić information content (AvgIpc) is 2.48. The van der Waals surface area contributed by atoms with Crippen molar-refractivity contribution in [3.63, 3.8) is 0 Å². The zero-order valence-electron chi connectivity index (χ0n) is 11.8. The van der Waals surface area contributed by atoms with Crippen molar-refractivity contribution in [2.45, 2.75) is 29.6 Å². The van der Waals surface area contributed by atoms with Gasteiger partial charge in [0.05, 0.1) is 7.11 Å². The van der Waals surface area contributed by atoms with E-state index in [1.807, 2.05) is 12.1 Å². The van der Waals surface area contributed by atoms with Gasteiger partial charge < -0.3 is 4.74 Å². The van der Waals surface area contributed by atoms with Gasteiger partial charge in [-0.15, -0.1) is 0 Å². The van der Waals surface area contributed by atoms with Crippen LogP contribution < -0.4 is 0 Å². The van der Waals surface area contributed by atoms with Crippen LogP contribution in [0.4, 0.5) is 0 Å². The summed E-state index contributed by atoms with van der Waals surface area (Å²) >= 11 is 1.73. The zero-order valence-corrected chi connectivity index (χ0v) is 12.6. The van der Waals surface area contributed by atoms with Gasteiger partial charge in [0.15, 0.2) is 0 Å². The van der Waals surface area contributed by atoms with E-state index in [0.717, 1.165) is 0 Å². The number of hydrogen-bond acceptors (Lipinski definition) is 3. The predicted molar refractivity (Wildman–Crippen MR) is 82.1 cm³/mol. The molecule has 0 saturated carbocycles. The Labute approximate surface area is 124 Å². The molecule has 0 unspecified atom stereocenters. The normalized spacial score (nSPS) is 10.3. The van der Waals surface area contributed by atoms with E-state index < -0.39 is 0 Å². The maximum atomic E-state index is 11.3. The summed E-state index contributed by atoms with van der Waals surface area (Å²) in [6, 6.07) is 16.7. The van der Waals surface area contributed by atoms with Crippen molar-refractivity contribution >= 4 is 17.7 Å². The number of benzene rings is 2. The van der Waals surface area contributed by atoms with Crippen molar-refractivity contribution in [1.82, 2.24) is 0 Å². The first-order valence-electron chi connectivity index (χ1n) is 6.58. The lowest BCUT2D eigenvalue weighted by Crippen LogP contribution is -2.02. The first kappa shape index (κ1) is 14.7. The first-order chi connectivity index (χ1) is 9.69. The van der Waals surface area contributed by atoms with Crippen molar-refractivity contribution in [3.8, 4) is 0 Å². The van der Waals surface area contributed by atoms with Gasteiger partial charge in [-0.05, 0) is 37.1 Å². The molecule has 0 atom stereocenters. The maximum absolute atomic E-state index is 11.3. The van der Waals surface area contributed by atoms with Crippen LogP contribution in [-0.2, 0) is 16.0 Å². The molecule has 2 aromatic rings. The predicted octanol–water partition coefficient (Wildman–Crippen LogP) is 4.25. The largest absolute Gasteiger partial charge is 0.469 e. The van der Waals surface area contributed by atoms with Gasteiger partial charge in [-0.3, -0.25) is 4.79 Å². The minimum Gasteiger partial charge on any atom is -0.469 e. The smallest absolute Gasteiger partial charge is 0.305 e. The summed E-state index contributed by atoms with van der Waals surface area (Å²) in [6.45, 7) is 2.08. The summed E-state index contributed by atoms with van der Waals surface area (Å²) in [5.74, 6) is -0.167. The van der Waals surface area contributed by atoms with Gasteiger partial charge in [-0.1, -0.05) is 47.7 Å². The highest BCUT2D eigenvalue weighted by atomic mass is 32.2. The summed E-state index contributed by atoms with van der Waals surface area (Å²) in [5.41, 5.74) is 2.44. The molecule has 0 heterocycles. The molecule has 0 spiro atoms. The number of ether oxygens (including phenoxy) is 1. The molecular formula is C17H18O2S. The van der Waals surface area contributed by atoms with Crippen LogP contribution in [0.5, 0.6) is 0 Å². The Hall–Kier alpha value is -1.74. The molecule has 0 aliphatic carbocycles. The van der Waals surface area contributed by atoms with Crippen molar-refractivity contribution in [2.24, 2.45) is 0 Å². The van der Waals surface area contributed by atoms with Gasteiger partial charge in [0.25, 0.3) is 0 Å². The number of carbonyl (C=O) groups is 1. The quantitative estimate of drug-likeness (QED) is 0.769. The first-order valence-corrected chi connectivity index (χ1v) is 7.40. The third-order valence-electron chi connectivity index (χ3n) is 3.05. The third-order valence-corrected chi connectivity index (χ3v) is 4.17. The molecule has 0 amide bonds. The van der Waals surface area contributed by atoms with Crippen LogP contribution in [0.25, 0.3) is 0 Å². The Morgan fingerprint density at radius 3 is 2.50 bits per heavy atom. The topological polar surface area (TPSA) is 26.3 Å². The van der Waals surface area contributed by atoms with Gasteiger partial charge in [0.1, 0.15) is 0 Å². The Balaban J connectivity index is 2.11. The Bertz CT molecular complexity index is 576. The van der Waals surface area contributed by atoms with Crippen molar-refractivity contribution < 1.29 is 9.53 Å². The molecule has 0 saturated heterocycles. The van der Waals surface area contributed by atoms with Crippen LogP contribution in [0.15, 0.2) is 58.3 Å². The molecule has 0 radical (unpaired) electrons. The number of carbonyl (C=O) groups excluding carboxylic acids is 1. The lowest BCUT2D eigenvalue weighted by molar-refractivity contribution is -0.140. The summed E-state index contributed by atoms with van der Waals surface area (Å²) in [4.78, 5) is 13.7. The number of aryl methyl sites for hydroxylation is 2. The lowest BCUT2D eigenvalue weighted by Gasteiger charge is -2.09. The highest BCUT2D eigenvalue weighted by Gasteiger charge is 2.07. The molecular weight excluding hydrogens is 268 g/mol. The molecule has 0 aromatic heterocycles. The molecule has 104 valence electrons. The zero-order chi connectivity index (χ0) is 14.4. The van der Waals surface area contributed by atoms with Crippen LogP contribution in [0.3, 0.4) is 0 Å². The molecule has 0 bridgehead atoms. The van der Waals surface area contributed by atoms with Gasteiger partial charge in [0, 0.05) is 16.2 Å². The van der Waals surface area contributed by atoms with Crippen LogP contribution >= 0.6 is 11.8 Å². The number of rotatable bonds is 5. The minimum atomic E-state index is -0.167. The van der Waals surface area contributed by atoms with Crippen LogP contribution in [0.2, 0.25) is 0 Å². The van der Waals surface area contributed by atoms with Crippen LogP contribution in [-0.4, -0.2) is 13.1 Å². The second-order valence-electron chi connectivity index (χ2n) is 4.60. The molecule has 2 aromatic carbocycles. The summed E-state index contributed by atoms with van der Waals surface area (Å²) < 4.78 is 4.70. The van der Waals surface area contributed by atoms with E-state index in [4.69, 9.17) is 4.74 Å². The SMILES string of the molecule is COC(=O)CCc1ccccc1Sc1ccc(C)cc1. The number of esters is 1. The molecule has 0 aliphatic rings. The van der Waals surface area contributed by atoms with Gasteiger partial charge in [-0.25, -0.2) is 0 Å². The maximum Gasteiger partial charge on any atom is 0.305 e. The van der Waals surface area contributed by atoms with Gasteiger partial charge in [-0.2, -0.15) is 0 Å². The van der Waals surface area contributed by atoms with E-state index in [2.05, 4.69) is 43.3 Å². The summed E-state index contributed by atoms with van der Waals surface area (Å²) in [6.07, 6.45) is 1.13. The molecule has 2 nitrogen and oxygen atoms in total. The van der Waals surface area contributed by atoms with E-state index in [-0.39, 0.29) is 5.97 Å². The average molecular weight is 286 g/mol. The lowest BCUT2D eigenvalue weighted by atomic mass is 10.1. The van der Waals surface area contributed by atoms with Crippen molar-refractivity contribution in [2.75, 3.05) is 7.11 Å². The number of methoxy groups -OCH3 is 1. The van der Waals surface area contributed by atoms with E-state index in [1.165, 1.54) is 28.0 Å². The van der Waals surface area contributed by atoms with E-state index >= 15 is 0 Å². The molecule has 2 rings (SSSR count). The fourth-order valence-corrected chi connectivity index (χ4v) is 2.86. The summed E-state index contributed by atoms with van der Waals surface area (Å²) in [5, 5.41) is 0. The standard InChI is InChI=1S/C17H18O2S/c1-13-7-10-15(11-8-13)20-16-6-4-3-5-14(16)9-12-17(18)19-2/h3-8,10-11H,9,12H2,1-2H3. The fraction of sp³-hybridized carbons (Fsp3) is 0.235. The molecule has 0 fully saturated rings. The van der Waals surface area contributed by atoms with E-state index in [1.54, 1.807) is 11.8 Å². The van der Waals surface area contributed by atoms with E-state index in [9.17, 15) is 4.79 Å². The van der Waals surface area contributed by atoms with Gasteiger partial charge >= 0.3 is 5.97 Å². The Morgan fingerprint density at radius 2 is 1.80 bits per heavy atom. The number of hydrogen-bond donors (Lipinski definition) is 0. The van der Waals surface area contributed by atoms with E-state index in [0.29, 0.717) is 12.8 Å². The van der Waals surface area contributed by atoms with Crippen LogP contribution in [0.1, 0.15) is 17.5 Å². The Morgan fingerprint density at radius 1 is 1.10 bits per heavy atom. The summed E-state index contributed by atoms with van der Waals surface area (Å²) in [7, 11) is 1.43. The molecule has 0 N–H and O–H groups in total. The monoisotopic (exact) mass is 286 g/mol. The molecule has 20 heavy (non-hydrogen) atoms. The molecule has 0 aliphatic heterocycles. The second-order valence-corrected chi connectivity index (χ2v) is 5.71. The van der Waals surface area contributed by atoms with Crippen LogP contribution in [0, 0.1) is 6.92 Å². The van der Waals surface area contributed by atoms with Crippen molar-refractivity contribution in [1.29, 1.82) is 0 Å². The fourth-order valence-electron chi connectivity index (χ4n) is 1.88. The highest BCUT2D eigenvalue weighted by Crippen LogP contribution is 2.31. The van der Waals surface area contributed by atoms with Crippen molar-refractivity contribution in [3.05, 3.63) is 59.7 Å². The third kappa shape index (κ3) is 4.14. The highest BCUT2D eigenvalue weighted by molar-refractivity contribution is 7.99. The Kier molecular flexibility index (Phi) is 5.24. The van der Waals surface area contributed by atoms with Gasteiger partial charge in [0.2, 0.25) is 0 Å². The molecule has 3 heteroatoms.